The Kier molecular flexibility index (Phi) is 5.69. The van der Waals surface area contributed by atoms with Gasteiger partial charge in [-0.3, -0.25) is 14.0 Å². The van der Waals surface area contributed by atoms with Gasteiger partial charge in [-0.15, -0.1) is 0 Å². The maximum Gasteiger partial charge on any atom is 0.134 e. The lowest BCUT2D eigenvalue weighted by molar-refractivity contribution is 0.269. The van der Waals surface area contributed by atoms with Gasteiger partial charge in [0, 0.05) is 50.2 Å². The third kappa shape index (κ3) is 4.22. The molecule has 0 unspecified atom stereocenters. The van der Waals surface area contributed by atoms with E-state index in [1.807, 2.05) is 49.6 Å². The van der Waals surface area contributed by atoms with Crippen molar-refractivity contribution in [1.82, 2.24) is 39.3 Å². The quantitative estimate of drug-likeness (QED) is 0.385. The van der Waals surface area contributed by atoms with Crippen LogP contribution in [-0.4, -0.2) is 51.0 Å². The Hall–Kier alpha value is -4.11. The summed E-state index contributed by atoms with van der Waals surface area (Å²) in [6.07, 6.45) is 10.9. The normalized spacial score (nSPS) is 12.5. The molecule has 9 heteroatoms. The number of benzene rings is 1. The van der Waals surface area contributed by atoms with Crippen LogP contribution in [0.1, 0.15) is 34.0 Å². The molecule has 0 fully saturated rings. The number of nitrogens with zero attached hydrogens (tertiary/aromatic N) is 8. The largest absolute Gasteiger partial charge is 0.394 e. The minimum Gasteiger partial charge on any atom is -0.394 e. The summed E-state index contributed by atoms with van der Waals surface area (Å²) in [7, 11) is 3.94. The van der Waals surface area contributed by atoms with Crippen molar-refractivity contribution in [2.75, 3.05) is 6.61 Å². The fourth-order valence-corrected chi connectivity index (χ4v) is 4.96. The molecule has 4 heterocycles. The summed E-state index contributed by atoms with van der Waals surface area (Å²) in [5.41, 5.74) is 9.87. The number of aliphatic hydroxyl groups excluding tert-OH is 1. The Bertz CT molecular complexity index is 1540. The fraction of sp³-hybridized carbons (Fsp3) is 0.296. The topological polar surface area (TPSA) is 99.5 Å². The first-order valence-corrected chi connectivity index (χ1v) is 12.2. The lowest BCUT2D eigenvalue weighted by Crippen LogP contribution is -2.10. The summed E-state index contributed by atoms with van der Waals surface area (Å²) in [4.78, 5) is 9.65. The zero-order valence-electron chi connectivity index (χ0n) is 20.5. The number of aliphatic hydroxyl groups is 1. The highest BCUT2D eigenvalue weighted by atomic mass is 16.3. The molecular formula is C27H28N8O. The highest BCUT2D eigenvalue weighted by Gasteiger charge is 2.26. The van der Waals surface area contributed by atoms with Crippen LogP contribution in [-0.2, 0) is 46.3 Å². The van der Waals surface area contributed by atoms with Gasteiger partial charge in [-0.05, 0) is 35.6 Å². The van der Waals surface area contributed by atoms with Crippen molar-refractivity contribution >= 4 is 0 Å². The van der Waals surface area contributed by atoms with Crippen molar-refractivity contribution in [2.24, 2.45) is 14.1 Å². The van der Waals surface area contributed by atoms with Gasteiger partial charge in [0.2, 0.25) is 0 Å². The molecule has 1 aliphatic carbocycles. The van der Waals surface area contributed by atoms with Gasteiger partial charge in [-0.2, -0.15) is 15.3 Å². The van der Waals surface area contributed by atoms with E-state index in [4.69, 9.17) is 10.1 Å². The maximum atomic E-state index is 9.19. The highest BCUT2D eigenvalue weighted by molar-refractivity contribution is 5.71. The number of aromatic nitrogens is 8. The van der Waals surface area contributed by atoms with Crippen LogP contribution in [0.2, 0.25) is 0 Å². The number of aryl methyl sites for hydroxylation is 4. The Balaban J connectivity index is 1.33. The van der Waals surface area contributed by atoms with E-state index in [0.29, 0.717) is 13.0 Å². The Morgan fingerprint density at radius 3 is 2.75 bits per heavy atom. The lowest BCUT2D eigenvalue weighted by atomic mass is 9.91. The molecule has 0 amide bonds. The van der Waals surface area contributed by atoms with Crippen molar-refractivity contribution in [1.29, 1.82) is 0 Å². The molecule has 6 rings (SSSR count). The first kappa shape index (κ1) is 22.4. The van der Waals surface area contributed by atoms with Crippen molar-refractivity contribution in [3.8, 4) is 22.4 Å². The summed E-state index contributed by atoms with van der Waals surface area (Å²) in [5.74, 6) is 0.775. The van der Waals surface area contributed by atoms with E-state index in [9.17, 15) is 5.11 Å². The predicted molar refractivity (Wildman–Crippen MR) is 135 cm³/mol. The number of hydrogen-bond donors (Lipinski definition) is 1. The van der Waals surface area contributed by atoms with Gasteiger partial charge in [-0.1, -0.05) is 24.3 Å². The number of hydrogen-bond acceptors (Lipinski definition) is 6. The molecule has 182 valence electrons. The van der Waals surface area contributed by atoms with Gasteiger partial charge in [0.15, 0.2) is 0 Å². The molecule has 0 radical (unpaired) electrons. The second kappa shape index (κ2) is 9.16. The van der Waals surface area contributed by atoms with E-state index in [0.717, 1.165) is 64.6 Å². The smallest absolute Gasteiger partial charge is 0.134 e. The average Bonchev–Trinajstić information content (AvgIpc) is 3.59. The highest BCUT2D eigenvalue weighted by Crippen LogP contribution is 2.35. The molecule has 36 heavy (non-hydrogen) atoms. The Morgan fingerprint density at radius 2 is 1.92 bits per heavy atom. The fourth-order valence-electron chi connectivity index (χ4n) is 4.96. The minimum absolute atomic E-state index is 0.0708. The van der Waals surface area contributed by atoms with Crippen LogP contribution in [0.25, 0.3) is 22.4 Å². The van der Waals surface area contributed by atoms with E-state index < -0.39 is 0 Å². The Labute approximate surface area is 209 Å². The van der Waals surface area contributed by atoms with Crippen LogP contribution < -0.4 is 0 Å². The van der Waals surface area contributed by atoms with E-state index in [-0.39, 0.29) is 6.61 Å². The zero-order valence-corrected chi connectivity index (χ0v) is 20.5. The molecule has 1 aliphatic rings. The second-order valence-corrected chi connectivity index (χ2v) is 9.30. The van der Waals surface area contributed by atoms with Crippen molar-refractivity contribution < 1.29 is 5.11 Å². The van der Waals surface area contributed by atoms with Crippen molar-refractivity contribution in [2.45, 2.75) is 32.2 Å². The summed E-state index contributed by atoms with van der Waals surface area (Å²) in [6.45, 7) is 0.561. The average molecular weight is 481 g/mol. The Morgan fingerprint density at radius 1 is 1.00 bits per heavy atom. The van der Waals surface area contributed by atoms with E-state index in [1.165, 1.54) is 11.1 Å². The molecule has 9 nitrogen and oxygen atoms in total. The first-order chi connectivity index (χ1) is 17.6. The molecule has 0 spiro atoms. The predicted octanol–water partition coefficient (Wildman–Crippen LogP) is 2.75. The summed E-state index contributed by atoms with van der Waals surface area (Å²) < 4.78 is 5.57. The van der Waals surface area contributed by atoms with Gasteiger partial charge in [0.25, 0.3) is 0 Å². The molecule has 4 aromatic heterocycles. The number of fused-ring (bicyclic) bond motifs is 3. The SMILES string of the molecule is Cn1ccc(Cc2ncc3c(n2)-c2c(nn(C)c2Cc2cccc(-c4cnn(CCO)c4)c2)CC3)n1. The van der Waals surface area contributed by atoms with E-state index in [2.05, 4.69) is 39.4 Å². The lowest BCUT2D eigenvalue weighted by Gasteiger charge is -2.16. The molecule has 1 N–H and O–H groups in total. The molecule has 0 saturated heterocycles. The molecule has 1 aromatic carbocycles. The molecular weight excluding hydrogens is 452 g/mol. The summed E-state index contributed by atoms with van der Waals surface area (Å²) in [5, 5.41) is 22.9. The van der Waals surface area contributed by atoms with Crippen LogP contribution in [0.4, 0.5) is 0 Å². The van der Waals surface area contributed by atoms with Gasteiger partial charge in [0.1, 0.15) is 5.82 Å². The number of rotatable bonds is 7. The third-order valence-electron chi connectivity index (χ3n) is 6.72. The van der Waals surface area contributed by atoms with Gasteiger partial charge in [0.05, 0.1) is 48.5 Å². The monoisotopic (exact) mass is 480 g/mol. The zero-order chi connectivity index (χ0) is 24.6. The van der Waals surface area contributed by atoms with Crippen LogP contribution >= 0.6 is 0 Å². The van der Waals surface area contributed by atoms with E-state index in [1.54, 1.807) is 9.36 Å². The van der Waals surface area contributed by atoms with Crippen LogP contribution in [0.3, 0.4) is 0 Å². The van der Waals surface area contributed by atoms with Crippen LogP contribution in [0, 0.1) is 0 Å². The molecule has 0 bridgehead atoms. The molecule has 0 saturated carbocycles. The van der Waals surface area contributed by atoms with Crippen molar-refractivity contribution in [3.05, 3.63) is 89.2 Å². The van der Waals surface area contributed by atoms with Crippen molar-refractivity contribution in [3.63, 3.8) is 0 Å². The third-order valence-corrected chi connectivity index (χ3v) is 6.72. The molecule has 0 atom stereocenters. The summed E-state index contributed by atoms with van der Waals surface area (Å²) >= 11 is 0. The standard InChI is InChI=1S/C27H28N8O/c1-33-9-8-22(31-33)14-25-28-15-20-6-7-23-26(27(20)30-25)24(34(2)32-23)13-18-4-3-5-19(12-18)21-16-29-35(17-21)10-11-36/h3-5,8-9,12,15-17,36H,6-7,10-11,13-14H2,1-2H3. The minimum atomic E-state index is 0.0708. The van der Waals surface area contributed by atoms with Crippen LogP contribution in [0.5, 0.6) is 0 Å². The summed E-state index contributed by atoms with van der Waals surface area (Å²) in [6, 6.07) is 10.5. The molecule has 5 aromatic rings. The van der Waals surface area contributed by atoms with Gasteiger partial charge >= 0.3 is 0 Å². The van der Waals surface area contributed by atoms with Crippen LogP contribution in [0.15, 0.2) is 55.1 Å². The van der Waals surface area contributed by atoms with Gasteiger partial charge in [-0.25, -0.2) is 9.97 Å². The van der Waals surface area contributed by atoms with Gasteiger partial charge < -0.3 is 5.11 Å². The molecule has 0 aliphatic heterocycles. The maximum absolute atomic E-state index is 9.19. The van der Waals surface area contributed by atoms with E-state index >= 15 is 0 Å². The first-order valence-electron chi connectivity index (χ1n) is 12.2. The second-order valence-electron chi connectivity index (χ2n) is 9.30.